The number of aliphatic imine (C=N–C) groups is 1. The minimum Gasteiger partial charge on any atom is -0.492 e. The van der Waals surface area contributed by atoms with Gasteiger partial charge in [-0.3, -0.25) is 0 Å². The lowest BCUT2D eigenvalue weighted by Crippen LogP contribution is -2.39. The van der Waals surface area contributed by atoms with Crippen molar-refractivity contribution >= 4 is 15.8 Å². The normalized spacial score (nSPS) is 15.7. The van der Waals surface area contributed by atoms with Crippen LogP contribution in [-0.4, -0.2) is 58.3 Å². The van der Waals surface area contributed by atoms with Crippen LogP contribution in [0.5, 0.6) is 5.75 Å². The van der Waals surface area contributed by atoms with E-state index < -0.39 is 9.84 Å². The number of nitrogens with zero attached hydrogens (tertiary/aromatic N) is 2. The number of ether oxygens (including phenoxy) is 1. The number of hydrogen-bond acceptors (Lipinski definition) is 4. The van der Waals surface area contributed by atoms with Gasteiger partial charge in [0.1, 0.15) is 12.4 Å². The van der Waals surface area contributed by atoms with Crippen molar-refractivity contribution in [3.05, 3.63) is 24.3 Å². The predicted octanol–water partition coefficient (Wildman–Crippen LogP) is 1.53. The maximum absolute atomic E-state index is 11.4. The molecule has 1 heterocycles. The Morgan fingerprint density at radius 1 is 1.26 bits per heavy atom. The predicted molar refractivity (Wildman–Crippen MR) is 91.8 cm³/mol. The smallest absolute Gasteiger partial charge is 0.194 e. The lowest BCUT2D eigenvalue weighted by Gasteiger charge is -2.20. The summed E-state index contributed by atoms with van der Waals surface area (Å²) in [6, 6.07) is 6.46. The van der Waals surface area contributed by atoms with Gasteiger partial charge in [0.25, 0.3) is 0 Å². The Morgan fingerprint density at radius 3 is 2.48 bits per heavy atom. The summed E-state index contributed by atoms with van der Waals surface area (Å²) in [4.78, 5) is 7.14. The van der Waals surface area contributed by atoms with Crippen LogP contribution in [0.3, 0.4) is 0 Å². The van der Waals surface area contributed by atoms with Gasteiger partial charge in [-0.2, -0.15) is 0 Å². The third-order valence-electron chi connectivity index (χ3n) is 3.61. The van der Waals surface area contributed by atoms with E-state index >= 15 is 0 Å². The molecule has 0 saturated carbocycles. The van der Waals surface area contributed by atoms with Crippen molar-refractivity contribution < 1.29 is 13.2 Å². The van der Waals surface area contributed by atoms with E-state index in [-0.39, 0.29) is 0 Å². The van der Waals surface area contributed by atoms with Crippen molar-refractivity contribution in [2.75, 3.05) is 39.0 Å². The van der Waals surface area contributed by atoms with Gasteiger partial charge in [0.15, 0.2) is 15.8 Å². The molecule has 0 unspecified atom stereocenters. The van der Waals surface area contributed by atoms with Crippen molar-refractivity contribution in [1.82, 2.24) is 10.2 Å². The topological polar surface area (TPSA) is 71.0 Å². The summed E-state index contributed by atoms with van der Waals surface area (Å²) in [6.07, 6.45) is 3.62. The Hall–Kier alpha value is -1.76. The molecule has 1 aromatic rings. The quantitative estimate of drug-likeness (QED) is 0.483. The molecule has 0 aliphatic carbocycles. The molecule has 1 fully saturated rings. The molecular formula is C16H25N3O3S. The number of likely N-dealkylation sites (tertiary alicyclic amines) is 1. The summed E-state index contributed by atoms with van der Waals surface area (Å²) in [5.41, 5.74) is 0. The van der Waals surface area contributed by atoms with Crippen LogP contribution in [0.15, 0.2) is 34.2 Å². The van der Waals surface area contributed by atoms with Crippen LogP contribution in [0, 0.1) is 0 Å². The molecule has 0 aromatic heterocycles. The molecule has 0 bridgehead atoms. The van der Waals surface area contributed by atoms with Crippen LogP contribution in [0.25, 0.3) is 0 Å². The number of nitrogens with one attached hydrogen (secondary N) is 1. The van der Waals surface area contributed by atoms with Gasteiger partial charge < -0.3 is 15.0 Å². The molecule has 1 aromatic carbocycles. The van der Waals surface area contributed by atoms with E-state index in [0.717, 1.165) is 25.6 Å². The molecular weight excluding hydrogens is 314 g/mol. The van der Waals surface area contributed by atoms with Gasteiger partial charge in [0.2, 0.25) is 0 Å². The summed E-state index contributed by atoms with van der Waals surface area (Å²) in [5.74, 6) is 1.60. The van der Waals surface area contributed by atoms with Crippen LogP contribution in [0.4, 0.5) is 0 Å². The first-order valence-electron chi connectivity index (χ1n) is 7.97. The molecule has 1 N–H and O–H groups in total. The van der Waals surface area contributed by atoms with Crippen molar-refractivity contribution in [3.8, 4) is 5.75 Å². The fraction of sp³-hybridized carbons (Fsp3) is 0.562. The average Bonchev–Trinajstić information content (AvgIpc) is 3.04. The SMILES string of the molecule is CCNC(=NCCOc1ccc(S(C)(=O)=O)cc1)N1CCCC1. The van der Waals surface area contributed by atoms with Gasteiger partial charge in [-0.1, -0.05) is 0 Å². The number of sulfone groups is 1. The van der Waals surface area contributed by atoms with Crippen molar-refractivity contribution in [3.63, 3.8) is 0 Å². The second-order valence-corrected chi connectivity index (χ2v) is 7.54. The van der Waals surface area contributed by atoms with Gasteiger partial charge in [0.05, 0.1) is 11.4 Å². The third-order valence-corrected chi connectivity index (χ3v) is 4.74. The first kappa shape index (κ1) is 17.6. The van der Waals surface area contributed by atoms with Gasteiger partial charge in [-0.15, -0.1) is 0 Å². The van der Waals surface area contributed by atoms with Crippen molar-refractivity contribution in [2.24, 2.45) is 4.99 Å². The number of hydrogen-bond donors (Lipinski definition) is 1. The van der Waals surface area contributed by atoms with Crippen LogP contribution in [-0.2, 0) is 9.84 Å². The molecule has 0 spiro atoms. The molecule has 7 heteroatoms. The fourth-order valence-electron chi connectivity index (χ4n) is 2.45. The Bertz CT molecular complexity index is 620. The Kier molecular flexibility index (Phi) is 6.27. The fourth-order valence-corrected chi connectivity index (χ4v) is 3.08. The minimum atomic E-state index is -3.16. The molecule has 0 amide bonds. The van der Waals surface area contributed by atoms with E-state index in [1.807, 2.05) is 0 Å². The highest BCUT2D eigenvalue weighted by molar-refractivity contribution is 7.90. The molecule has 1 aliphatic rings. The molecule has 23 heavy (non-hydrogen) atoms. The highest BCUT2D eigenvalue weighted by Gasteiger charge is 2.15. The lowest BCUT2D eigenvalue weighted by atomic mass is 10.3. The lowest BCUT2D eigenvalue weighted by molar-refractivity contribution is 0.327. The largest absolute Gasteiger partial charge is 0.492 e. The molecule has 1 aliphatic heterocycles. The highest BCUT2D eigenvalue weighted by atomic mass is 32.2. The second-order valence-electron chi connectivity index (χ2n) is 5.52. The van der Waals surface area contributed by atoms with E-state index in [1.165, 1.54) is 19.1 Å². The summed E-state index contributed by atoms with van der Waals surface area (Å²) < 4.78 is 28.4. The first-order chi connectivity index (χ1) is 11.0. The molecule has 1 saturated heterocycles. The molecule has 0 atom stereocenters. The van der Waals surface area contributed by atoms with Crippen LogP contribution >= 0.6 is 0 Å². The van der Waals surface area contributed by atoms with Gasteiger partial charge in [-0.25, -0.2) is 13.4 Å². The van der Waals surface area contributed by atoms with E-state index in [2.05, 4.69) is 22.1 Å². The molecule has 128 valence electrons. The van der Waals surface area contributed by atoms with Gasteiger partial charge in [-0.05, 0) is 44.0 Å². The number of benzene rings is 1. The Morgan fingerprint density at radius 2 is 1.91 bits per heavy atom. The van der Waals surface area contributed by atoms with Crippen LogP contribution in [0.2, 0.25) is 0 Å². The van der Waals surface area contributed by atoms with Crippen LogP contribution < -0.4 is 10.1 Å². The van der Waals surface area contributed by atoms with E-state index in [1.54, 1.807) is 24.3 Å². The number of guanidine groups is 1. The van der Waals surface area contributed by atoms with Gasteiger partial charge >= 0.3 is 0 Å². The zero-order valence-electron chi connectivity index (χ0n) is 13.8. The summed E-state index contributed by atoms with van der Waals surface area (Å²) in [7, 11) is -3.16. The minimum absolute atomic E-state index is 0.298. The van der Waals surface area contributed by atoms with Gasteiger partial charge in [0, 0.05) is 25.9 Å². The Labute approximate surface area is 138 Å². The zero-order chi connectivity index (χ0) is 16.7. The summed E-state index contributed by atoms with van der Waals surface area (Å²) >= 11 is 0. The van der Waals surface area contributed by atoms with E-state index in [4.69, 9.17) is 4.74 Å². The second kappa shape index (κ2) is 8.19. The molecule has 6 nitrogen and oxygen atoms in total. The van der Waals surface area contributed by atoms with E-state index in [9.17, 15) is 8.42 Å². The number of rotatable bonds is 6. The zero-order valence-corrected chi connectivity index (χ0v) is 14.6. The molecule has 2 rings (SSSR count). The van der Waals surface area contributed by atoms with Crippen LogP contribution in [0.1, 0.15) is 19.8 Å². The highest BCUT2D eigenvalue weighted by Crippen LogP contribution is 2.15. The van der Waals surface area contributed by atoms with E-state index in [0.29, 0.717) is 23.8 Å². The van der Waals surface area contributed by atoms with Crippen molar-refractivity contribution in [2.45, 2.75) is 24.7 Å². The first-order valence-corrected chi connectivity index (χ1v) is 9.86. The summed E-state index contributed by atoms with van der Waals surface area (Å²) in [6.45, 7) is 6.04. The maximum Gasteiger partial charge on any atom is 0.194 e. The standard InChI is InChI=1S/C16H25N3O3S/c1-3-17-16(19-11-4-5-12-19)18-10-13-22-14-6-8-15(9-7-14)23(2,20)21/h6-9H,3-5,10-13H2,1-2H3,(H,17,18). The average molecular weight is 339 g/mol. The Balaban J connectivity index is 1.84. The third kappa shape index (κ3) is 5.42. The summed E-state index contributed by atoms with van der Waals surface area (Å²) in [5, 5.41) is 3.30. The van der Waals surface area contributed by atoms with Crippen molar-refractivity contribution in [1.29, 1.82) is 0 Å². The maximum atomic E-state index is 11.4. The molecule has 0 radical (unpaired) electrons. The monoisotopic (exact) mass is 339 g/mol.